The van der Waals surface area contributed by atoms with Crippen molar-refractivity contribution in [1.29, 1.82) is 0 Å². The van der Waals surface area contributed by atoms with Gasteiger partial charge in [0.05, 0.1) is 0 Å². The Morgan fingerprint density at radius 2 is 0.893 bits per heavy atom. The van der Waals surface area contributed by atoms with Crippen molar-refractivity contribution in [3.8, 4) is 44.5 Å². The Hall–Kier alpha value is -7.42. The molecule has 56 heavy (non-hydrogen) atoms. The second kappa shape index (κ2) is 13.2. The second-order valence-corrected chi connectivity index (χ2v) is 14.5. The molecule has 0 unspecified atom stereocenters. The van der Waals surface area contributed by atoms with Gasteiger partial charge in [-0.1, -0.05) is 158 Å². The summed E-state index contributed by atoms with van der Waals surface area (Å²) in [6.07, 6.45) is 4.49. The molecule has 1 aliphatic rings. The Bertz CT molecular complexity index is 3090. The molecule has 1 aliphatic carbocycles. The molecule has 2 nitrogen and oxygen atoms in total. The lowest BCUT2D eigenvalue weighted by molar-refractivity contribution is 0.670. The fraction of sp³-hybridized carbons (Fsp3) is 0. The Balaban J connectivity index is 1.03. The van der Waals surface area contributed by atoms with Crippen LogP contribution in [0.5, 0.6) is 0 Å². The summed E-state index contributed by atoms with van der Waals surface area (Å²) in [5.41, 5.74) is 17.0. The molecule has 1 aromatic heterocycles. The third-order valence-electron chi connectivity index (χ3n) is 11.2. The Morgan fingerprint density at radius 1 is 0.321 bits per heavy atom. The highest BCUT2D eigenvalue weighted by molar-refractivity contribution is 6.12. The van der Waals surface area contributed by atoms with Crippen molar-refractivity contribution in [2.75, 3.05) is 4.90 Å². The van der Waals surface area contributed by atoms with Crippen LogP contribution in [0.1, 0.15) is 11.1 Å². The van der Waals surface area contributed by atoms with Crippen molar-refractivity contribution in [3.05, 3.63) is 211 Å². The Kier molecular flexibility index (Phi) is 7.53. The molecule has 0 spiro atoms. The maximum Gasteiger partial charge on any atom is 0.143 e. The van der Waals surface area contributed by atoms with Crippen LogP contribution in [-0.4, -0.2) is 0 Å². The summed E-state index contributed by atoms with van der Waals surface area (Å²) in [4.78, 5) is 2.33. The van der Waals surface area contributed by atoms with E-state index in [1.807, 2.05) is 6.07 Å². The average molecular weight is 714 g/mol. The molecule has 11 rings (SSSR count). The maximum absolute atomic E-state index is 6.73. The van der Waals surface area contributed by atoms with Crippen molar-refractivity contribution in [1.82, 2.24) is 0 Å². The molecule has 0 radical (unpaired) electrons. The SMILES string of the molecule is C1=Cc2cc(-c3ccc(N(c4ccc(-c5ccccc5)cc4)c4ccc5c(c4)oc4c(-c6ccccc6)cccc45)cc3)cc3c(-c4ccccc4)ccc1c23. The van der Waals surface area contributed by atoms with Crippen LogP contribution in [0.3, 0.4) is 0 Å². The van der Waals surface area contributed by atoms with Gasteiger partial charge in [-0.05, 0) is 109 Å². The van der Waals surface area contributed by atoms with Gasteiger partial charge in [0, 0.05) is 39.5 Å². The number of hydrogen-bond acceptors (Lipinski definition) is 2. The van der Waals surface area contributed by atoms with Crippen molar-refractivity contribution in [2.45, 2.75) is 0 Å². The Morgan fingerprint density at radius 3 is 1.57 bits per heavy atom. The predicted molar refractivity (Wildman–Crippen MR) is 237 cm³/mol. The van der Waals surface area contributed by atoms with Gasteiger partial charge >= 0.3 is 0 Å². The number of anilines is 3. The molecule has 2 heteroatoms. The van der Waals surface area contributed by atoms with E-state index in [0.717, 1.165) is 50.1 Å². The van der Waals surface area contributed by atoms with E-state index in [4.69, 9.17) is 4.42 Å². The van der Waals surface area contributed by atoms with Gasteiger partial charge in [0.1, 0.15) is 11.2 Å². The number of para-hydroxylation sites is 1. The van der Waals surface area contributed by atoms with Crippen LogP contribution >= 0.6 is 0 Å². The maximum atomic E-state index is 6.73. The zero-order valence-electron chi connectivity index (χ0n) is 30.6. The molecule has 0 saturated carbocycles. The highest BCUT2D eigenvalue weighted by Gasteiger charge is 2.19. The Labute approximate surface area is 325 Å². The number of furan rings is 1. The first-order chi connectivity index (χ1) is 27.7. The van der Waals surface area contributed by atoms with Crippen LogP contribution in [0.2, 0.25) is 0 Å². The standard InChI is InChI=1S/C54H35NO/c1-4-11-36(12-5-1)37-21-26-44(27-22-37)55(46-30-32-49-50-18-10-17-48(40-15-8-3-9-16-40)54(50)56-52(49)35-46)45-28-23-38(24-29-45)43-33-42-20-19-41-25-31-47(51(34-43)53(41)42)39-13-6-2-7-14-39/h1-35H. The molecule has 0 atom stereocenters. The highest BCUT2D eigenvalue weighted by Crippen LogP contribution is 2.43. The molecule has 0 N–H and O–H groups in total. The summed E-state index contributed by atoms with van der Waals surface area (Å²) in [5, 5.41) is 4.83. The van der Waals surface area contributed by atoms with Crippen molar-refractivity contribution >= 4 is 61.9 Å². The lowest BCUT2D eigenvalue weighted by Crippen LogP contribution is -2.09. The van der Waals surface area contributed by atoms with Crippen LogP contribution in [0.4, 0.5) is 17.1 Å². The second-order valence-electron chi connectivity index (χ2n) is 14.5. The first kappa shape index (κ1) is 32.0. The van der Waals surface area contributed by atoms with Crippen molar-refractivity contribution in [2.24, 2.45) is 0 Å². The minimum atomic E-state index is 0.860. The van der Waals surface area contributed by atoms with Crippen LogP contribution in [0.15, 0.2) is 205 Å². The first-order valence-electron chi connectivity index (χ1n) is 19.2. The third kappa shape index (κ3) is 5.42. The lowest BCUT2D eigenvalue weighted by Gasteiger charge is -2.26. The first-order valence-corrected chi connectivity index (χ1v) is 19.2. The number of rotatable bonds is 7. The lowest BCUT2D eigenvalue weighted by atomic mass is 9.91. The molecule has 0 amide bonds. The van der Waals surface area contributed by atoms with E-state index in [1.54, 1.807) is 0 Å². The molecular formula is C54H35NO. The van der Waals surface area contributed by atoms with E-state index < -0.39 is 0 Å². The molecule has 0 saturated heterocycles. The zero-order chi connectivity index (χ0) is 37.0. The van der Waals surface area contributed by atoms with Gasteiger partial charge < -0.3 is 9.32 Å². The van der Waals surface area contributed by atoms with Crippen molar-refractivity contribution < 1.29 is 4.42 Å². The highest BCUT2D eigenvalue weighted by atomic mass is 16.3. The monoisotopic (exact) mass is 713 g/mol. The fourth-order valence-electron chi connectivity index (χ4n) is 8.49. The van der Waals surface area contributed by atoms with Gasteiger partial charge in [-0.3, -0.25) is 0 Å². The van der Waals surface area contributed by atoms with Crippen molar-refractivity contribution in [3.63, 3.8) is 0 Å². The van der Waals surface area contributed by atoms with Gasteiger partial charge in [0.2, 0.25) is 0 Å². The fourth-order valence-corrected chi connectivity index (χ4v) is 8.49. The summed E-state index contributed by atoms with van der Waals surface area (Å²) in [6.45, 7) is 0. The van der Waals surface area contributed by atoms with E-state index in [-0.39, 0.29) is 0 Å². The molecule has 262 valence electrons. The molecule has 1 heterocycles. The van der Waals surface area contributed by atoms with Gasteiger partial charge in [0.25, 0.3) is 0 Å². The van der Waals surface area contributed by atoms with Crippen LogP contribution in [-0.2, 0) is 0 Å². The summed E-state index contributed by atoms with van der Waals surface area (Å²) in [5.74, 6) is 0. The molecule has 0 bridgehead atoms. The predicted octanol–water partition coefficient (Wildman–Crippen LogP) is 15.4. The number of fused-ring (bicyclic) bond motifs is 3. The van der Waals surface area contributed by atoms with Crippen LogP contribution in [0, 0.1) is 0 Å². The number of benzene rings is 9. The molecule has 9 aromatic carbocycles. The molecule has 0 fully saturated rings. The van der Waals surface area contributed by atoms with E-state index in [9.17, 15) is 0 Å². The minimum Gasteiger partial charge on any atom is -0.455 e. The average Bonchev–Trinajstić information content (AvgIpc) is 3.87. The quantitative estimate of drug-likeness (QED) is 0.163. The van der Waals surface area contributed by atoms with E-state index in [0.29, 0.717) is 0 Å². The largest absolute Gasteiger partial charge is 0.455 e. The minimum absolute atomic E-state index is 0.860. The topological polar surface area (TPSA) is 16.4 Å². The van der Waals surface area contributed by atoms with Gasteiger partial charge in [-0.15, -0.1) is 0 Å². The zero-order valence-corrected chi connectivity index (χ0v) is 30.6. The number of hydrogen-bond donors (Lipinski definition) is 0. The van der Waals surface area contributed by atoms with Gasteiger partial charge in [-0.25, -0.2) is 0 Å². The summed E-state index contributed by atoms with van der Waals surface area (Å²) < 4.78 is 6.73. The normalized spacial score (nSPS) is 11.9. The van der Waals surface area contributed by atoms with Crippen LogP contribution in [0.25, 0.3) is 89.4 Å². The molecule has 0 aliphatic heterocycles. The summed E-state index contributed by atoms with van der Waals surface area (Å²) in [7, 11) is 0. The van der Waals surface area contributed by atoms with Gasteiger partial charge in [-0.2, -0.15) is 0 Å². The van der Waals surface area contributed by atoms with Crippen LogP contribution < -0.4 is 4.90 Å². The molecule has 10 aromatic rings. The van der Waals surface area contributed by atoms with E-state index in [2.05, 4.69) is 211 Å². The summed E-state index contributed by atoms with van der Waals surface area (Å²) in [6, 6.07) is 71.8. The summed E-state index contributed by atoms with van der Waals surface area (Å²) >= 11 is 0. The van der Waals surface area contributed by atoms with Gasteiger partial charge in [0.15, 0.2) is 0 Å². The third-order valence-corrected chi connectivity index (χ3v) is 11.2. The number of nitrogens with zero attached hydrogens (tertiary/aromatic N) is 1. The van der Waals surface area contributed by atoms with E-state index >= 15 is 0 Å². The van der Waals surface area contributed by atoms with E-state index in [1.165, 1.54) is 55.3 Å². The molecular weight excluding hydrogens is 679 g/mol. The smallest absolute Gasteiger partial charge is 0.143 e.